The molecule has 156 valence electrons. The molecule has 0 unspecified atom stereocenters. The Hall–Kier alpha value is -2.45. The summed E-state index contributed by atoms with van der Waals surface area (Å²) in [5, 5.41) is 4.56. The number of sulfonamides is 1. The zero-order valence-corrected chi connectivity index (χ0v) is 17.8. The van der Waals surface area contributed by atoms with Gasteiger partial charge in [-0.1, -0.05) is 44.2 Å². The van der Waals surface area contributed by atoms with Crippen molar-refractivity contribution in [2.24, 2.45) is 5.92 Å². The fourth-order valence-electron chi connectivity index (χ4n) is 3.56. The Balaban J connectivity index is 1.71. The first-order valence-electron chi connectivity index (χ1n) is 9.75. The van der Waals surface area contributed by atoms with Crippen molar-refractivity contribution in [2.75, 3.05) is 26.2 Å². The van der Waals surface area contributed by atoms with Crippen LogP contribution in [-0.4, -0.2) is 61.7 Å². The van der Waals surface area contributed by atoms with Gasteiger partial charge in [-0.15, -0.1) is 0 Å². The minimum Gasteiger partial charge on any atom is -0.344 e. The predicted molar refractivity (Wildman–Crippen MR) is 112 cm³/mol. The van der Waals surface area contributed by atoms with Crippen LogP contribution in [0.2, 0.25) is 0 Å². The Morgan fingerprint density at radius 1 is 0.966 bits per heavy atom. The van der Waals surface area contributed by atoms with E-state index >= 15 is 0 Å². The Morgan fingerprint density at radius 2 is 1.59 bits per heavy atom. The van der Waals surface area contributed by atoms with Crippen molar-refractivity contribution in [3.8, 4) is 0 Å². The number of carbonyl (C=O) groups is 2. The Labute approximate surface area is 171 Å². The molecule has 0 aromatic heterocycles. The number of nitrogens with zero attached hydrogens (tertiary/aromatic N) is 2. The van der Waals surface area contributed by atoms with Gasteiger partial charge < -0.3 is 10.2 Å². The van der Waals surface area contributed by atoms with E-state index < -0.39 is 16.1 Å². The third kappa shape index (κ3) is 4.59. The van der Waals surface area contributed by atoms with Gasteiger partial charge >= 0.3 is 0 Å². The highest BCUT2D eigenvalue weighted by Crippen LogP contribution is 2.23. The lowest BCUT2D eigenvalue weighted by molar-refractivity contribution is -0.138. The van der Waals surface area contributed by atoms with E-state index in [1.807, 2.05) is 44.2 Å². The summed E-state index contributed by atoms with van der Waals surface area (Å²) >= 11 is 0. The number of rotatable bonds is 5. The maximum Gasteiger partial charge on any atom is 0.245 e. The first kappa shape index (κ1) is 21.3. The molecule has 1 fully saturated rings. The van der Waals surface area contributed by atoms with E-state index in [0.717, 1.165) is 10.8 Å². The number of amides is 2. The van der Waals surface area contributed by atoms with Gasteiger partial charge in [0.05, 0.1) is 4.90 Å². The number of nitrogens with one attached hydrogen (secondary N) is 1. The van der Waals surface area contributed by atoms with Gasteiger partial charge in [0.15, 0.2) is 0 Å². The number of fused-ring (bicyclic) bond motifs is 1. The Kier molecular flexibility index (Phi) is 6.24. The lowest BCUT2D eigenvalue weighted by atomic mass is 10.0. The average molecular weight is 418 g/mol. The fourth-order valence-corrected chi connectivity index (χ4v) is 5.01. The van der Waals surface area contributed by atoms with Crippen LogP contribution in [0.5, 0.6) is 0 Å². The molecule has 2 aromatic carbocycles. The van der Waals surface area contributed by atoms with Crippen molar-refractivity contribution in [1.29, 1.82) is 0 Å². The van der Waals surface area contributed by atoms with Crippen molar-refractivity contribution >= 4 is 32.6 Å². The smallest absolute Gasteiger partial charge is 0.245 e. The fraction of sp³-hybridized carbons (Fsp3) is 0.429. The molecule has 0 aliphatic carbocycles. The molecule has 1 saturated heterocycles. The molecular weight excluding hydrogens is 390 g/mol. The molecule has 0 radical (unpaired) electrons. The van der Waals surface area contributed by atoms with Crippen molar-refractivity contribution in [2.45, 2.75) is 31.7 Å². The van der Waals surface area contributed by atoms with Crippen LogP contribution >= 0.6 is 0 Å². The summed E-state index contributed by atoms with van der Waals surface area (Å²) in [5.74, 6) is -0.474. The van der Waals surface area contributed by atoms with Crippen LogP contribution in [0.4, 0.5) is 0 Å². The van der Waals surface area contributed by atoms with Gasteiger partial charge in [0, 0.05) is 33.1 Å². The van der Waals surface area contributed by atoms with Gasteiger partial charge in [-0.25, -0.2) is 8.42 Å². The van der Waals surface area contributed by atoms with Crippen molar-refractivity contribution < 1.29 is 18.0 Å². The van der Waals surface area contributed by atoms with Crippen LogP contribution in [0.1, 0.15) is 20.8 Å². The van der Waals surface area contributed by atoms with E-state index in [2.05, 4.69) is 5.32 Å². The second-order valence-corrected chi connectivity index (χ2v) is 9.60. The molecule has 1 N–H and O–H groups in total. The molecule has 7 nitrogen and oxygen atoms in total. The quantitative estimate of drug-likeness (QED) is 0.804. The van der Waals surface area contributed by atoms with E-state index in [0.29, 0.717) is 13.1 Å². The maximum atomic E-state index is 13.1. The largest absolute Gasteiger partial charge is 0.344 e. The second kappa shape index (κ2) is 8.51. The molecule has 0 spiro atoms. The molecule has 29 heavy (non-hydrogen) atoms. The van der Waals surface area contributed by atoms with E-state index in [-0.39, 0.29) is 35.7 Å². The molecule has 1 aliphatic heterocycles. The van der Waals surface area contributed by atoms with Crippen molar-refractivity contribution in [1.82, 2.24) is 14.5 Å². The highest BCUT2D eigenvalue weighted by molar-refractivity contribution is 7.89. The first-order valence-corrected chi connectivity index (χ1v) is 11.2. The second-order valence-electron chi connectivity index (χ2n) is 7.66. The maximum absolute atomic E-state index is 13.1. The number of piperazine rings is 1. The average Bonchev–Trinajstić information content (AvgIpc) is 2.71. The topological polar surface area (TPSA) is 86.8 Å². The van der Waals surface area contributed by atoms with Crippen molar-refractivity contribution in [3.63, 3.8) is 0 Å². The number of hydrogen-bond acceptors (Lipinski definition) is 4. The highest BCUT2D eigenvalue weighted by atomic mass is 32.2. The van der Waals surface area contributed by atoms with Crippen LogP contribution in [0.25, 0.3) is 10.8 Å². The van der Waals surface area contributed by atoms with Gasteiger partial charge in [-0.3, -0.25) is 9.59 Å². The summed E-state index contributed by atoms with van der Waals surface area (Å²) in [5.41, 5.74) is 0. The van der Waals surface area contributed by atoms with Crippen LogP contribution in [0.3, 0.4) is 0 Å². The first-order chi connectivity index (χ1) is 13.7. The minimum absolute atomic E-state index is 0.0502. The third-order valence-electron chi connectivity index (χ3n) is 5.20. The monoisotopic (exact) mass is 417 g/mol. The molecule has 0 bridgehead atoms. The predicted octanol–water partition coefficient (Wildman–Crippen LogP) is 1.83. The molecule has 1 atom stereocenters. The molecule has 8 heteroatoms. The van der Waals surface area contributed by atoms with Crippen LogP contribution in [0.15, 0.2) is 47.4 Å². The standard InChI is InChI=1S/C21H27N3O4S/c1-15(2)20(22-16(3)25)21(26)23-10-12-24(13-11-23)29(27,28)19-9-8-17-6-4-5-7-18(17)14-19/h4-9,14-15,20H,10-13H2,1-3H3,(H,22,25)/t20-/m0/s1. The van der Waals surface area contributed by atoms with Crippen molar-refractivity contribution in [3.05, 3.63) is 42.5 Å². The molecular formula is C21H27N3O4S. The zero-order chi connectivity index (χ0) is 21.2. The third-order valence-corrected chi connectivity index (χ3v) is 7.10. The normalized spacial score (nSPS) is 16.8. The summed E-state index contributed by atoms with van der Waals surface area (Å²) in [6, 6.07) is 12.1. The lowest BCUT2D eigenvalue weighted by Crippen LogP contribution is -2.56. The summed E-state index contributed by atoms with van der Waals surface area (Å²) < 4.78 is 27.5. The van der Waals surface area contributed by atoms with E-state index in [1.54, 1.807) is 17.0 Å². The molecule has 2 amide bonds. The van der Waals surface area contributed by atoms with Crippen LogP contribution < -0.4 is 5.32 Å². The van der Waals surface area contributed by atoms with Gasteiger partial charge in [0.1, 0.15) is 6.04 Å². The summed E-state index contributed by atoms with van der Waals surface area (Å²) in [7, 11) is -3.63. The van der Waals surface area contributed by atoms with E-state index in [1.165, 1.54) is 11.2 Å². The lowest BCUT2D eigenvalue weighted by Gasteiger charge is -2.36. The molecule has 3 rings (SSSR count). The Bertz CT molecular complexity index is 1010. The SMILES string of the molecule is CC(=O)N[C@H](C(=O)N1CCN(S(=O)(=O)c2ccc3ccccc3c2)CC1)C(C)C. The summed E-state index contributed by atoms with van der Waals surface area (Å²) in [4.78, 5) is 26.1. The molecule has 0 saturated carbocycles. The van der Waals surface area contributed by atoms with Crippen LogP contribution in [-0.2, 0) is 19.6 Å². The van der Waals surface area contributed by atoms with Gasteiger partial charge in [0.2, 0.25) is 21.8 Å². The minimum atomic E-state index is -3.63. The van der Waals surface area contributed by atoms with E-state index in [4.69, 9.17) is 0 Å². The Morgan fingerprint density at radius 3 is 2.17 bits per heavy atom. The van der Waals surface area contributed by atoms with Gasteiger partial charge in [-0.05, 0) is 28.8 Å². The molecule has 2 aromatic rings. The number of hydrogen-bond donors (Lipinski definition) is 1. The molecule has 1 heterocycles. The molecule has 1 aliphatic rings. The summed E-state index contributed by atoms with van der Waals surface area (Å²) in [6.45, 7) is 6.19. The van der Waals surface area contributed by atoms with Gasteiger partial charge in [-0.2, -0.15) is 4.31 Å². The number of benzene rings is 2. The zero-order valence-electron chi connectivity index (χ0n) is 17.0. The highest BCUT2D eigenvalue weighted by Gasteiger charge is 2.33. The van der Waals surface area contributed by atoms with E-state index in [9.17, 15) is 18.0 Å². The number of carbonyl (C=O) groups excluding carboxylic acids is 2. The van der Waals surface area contributed by atoms with Gasteiger partial charge in [0.25, 0.3) is 0 Å². The summed E-state index contributed by atoms with van der Waals surface area (Å²) in [6.07, 6.45) is 0. The van der Waals surface area contributed by atoms with Crippen LogP contribution in [0, 0.1) is 5.92 Å².